The van der Waals surface area contributed by atoms with E-state index in [1.807, 2.05) is 6.92 Å². The van der Waals surface area contributed by atoms with E-state index in [-0.39, 0.29) is 0 Å². The van der Waals surface area contributed by atoms with Crippen LogP contribution in [-0.2, 0) is 4.74 Å². The monoisotopic (exact) mass is 140 g/mol. The van der Waals surface area contributed by atoms with Crippen molar-refractivity contribution in [2.75, 3.05) is 7.11 Å². The number of allylic oxidation sites excluding steroid dienone is 2. The van der Waals surface area contributed by atoms with E-state index in [0.29, 0.717) is 5.84 Å². The molecule has 0 aliphatic carbocycles. The van der Waals surface area contributed by atoms with Crippen LogP contribution in [0.1, 0.15) is 13.8 Å². The molecule has 0 amide bonds. The lowest BCUT2D eigenvalue weighted by atomic mass is 10.5. The van der Waals surface area contributed by atoms with E-state index in [0.717, 1.165) is 5.76 Å². The SMILES string of the molecule is CO/C(C)=C/C=NC(C)=N. The molecule has 0 atom stereocenters. The van der Waals surface area contributed by atoms with Gasteiger partial charge in [0.25, 0.3) is 0 Å². The quantitative estimate of drug-likeness (QED) is 0.353. The molecule has 0 rings (SSSR count). The first kappa shape index (κ1) is 8.88. The van der Waals surface area contributed by atoms with Gasteiger partial charge in [-0.05, 0) is 19.9 Å². The number of ether oxygens (including phenoxy) is 1. The Hall–Kier alpha value is -1.12. The predicted molar refractivity (Wildman–Crippen MR) is 42.7 cm³/mol. The number of hydrogen-bond donors (Lipinski definition) is 1. The first-order valence-electron chi connectivity index (χ1n) is 2.97. The van der Waals surface area contributed by atoms with Crippen LogP contribution in [0.15, 0.2) is 16.8 Å². The van der Waals surface area contributed by atoms with Gasteiger partial charge in [0, 0.05) is 6.21 Å². The molecule has 1 N–H and O–H groups in total. The zero-order valence-corrected chi connectivity index (χ0v) is 6.51. The van der Waals surface area contributed by atoms with Crippen molar-refractivity contribution in [3.05, 3.63) is 11.8 Å². The number of nitrogens with one attached hydrogen (secondary N) is 1. The van der Waals surface area contributed by atoms with Crippen molar-refractivity contribution < 1.29 is 4.74 Å². The Morgan fingerprint density at radius 3 is 2.50 bits per heavy atom. The zero-order chi connectivity index (χ0) is 7.98. The van der Waals surface area contributed by atoms with Gasteiger partial charge in [-0.25, -0.2) is 4.99 Å². The minimum absolute atomic E-state index is 0.292. The molecule has 0 unspecified atom stereocenters. The minimum atomic E-state index is 0.292. The molecule has 0 saturated carbocycles. The van der Waals surface area contributed by atoms with Gasteiger partial charge in [-0.2, -0.15) is 0 Å². The third kappa shape index (κ3) is 5.03. The minimum Gasteiger partial charge on any atom is -0.501 e. The molecular formula is C7H12N2O. The molecule has 0 radical (unpaired) electrons. The summed E-state index contributed by atoms with van der Waals surface area (Å²) in [6, 6.07) is 0. The number of aliphatic imine (C=N–C) groups is 1. The maximum absolute atomic E-state index is 6.93. The number of nitrogens with zero attached hydrogens (tertiary/aromatic N) is 1. The molecule has 0 bridgehead atoms. The van der Waals surface area contributed by atoms with Gasteiger partial charge in [0.2, 0.25) is 0 Å². The molecule has 0 saturated heterocycles. The molecule has 0 aliphatic heterocycles. The number of amidine groups is 1. The van der Waals surface area contributed by atoms with Crippen molar-refractivity contribution in [1.82, 2.24) is 0 Å². The Labute approximate surface area is 60.9 Å². The summed E-state index contributed by atoms with van der Waals surface area (Å²) in [6.45, 7) is 3.44. The van der Waals surface area contributed by atoms with Crippen molar-refractivity contribution >= 4 is 12.1 Å². The Balaban J connectivity index is 3.82. The van der Waals surface area contributed by atoms with Crippen LogP contribution in [0, 0.1) is 5.41 Å². The topological polar surface area (TPSA) is 45.4 Å². The fraction of sp³-hybridized carbons (Fsp3) is 0.429. The molecule has 0 aromatic heterocycles. The van der Waals surface area contributed by atoms with Gasteiger partial charge in [-0.15, -0.1) is 0 Å². The number of hydrogen-bond acceptors (Lipinski definition) is 2. The molecular weight excluding hydrogens is 128 g/mol. The maximum Gasteiger partial charge on any atom is 0.117 e. The third-order valence-electron chi connectivity index (χ3n) is 0.899. The highest BCUT2D eigenvalue weighted by molar-refractivity contribution is 5.88. The summed E-state index contributed by atoms with van der Waals surface area (Å²) >= 11 is 0. The summed E-state index contributed by atoms with van der Waals surface area (Å²) in [5.41, 5.74) is 0. The fourth-order valence-corrected chi connectivity index (χ4v) is 0.322. The van der Waals surface area contributed by atoms with Crippen LogP contribution in [0.3, 0.4) is 0 Å². The van der Waals surface area contributed by atoms with Crippen molar-refractivity contribution in [3.8, 4) is 0 Å². The fourth-order valence-electron chi connectivity index (χ4n) is 0.322. The maximum atomic E-state index is 6.93. The zero-order valence-electron chi connectivity index (χ0n) is 6.51. The average Bonchev–Trinajstić information content (AvgIpc) is 1.87. The van der Waals surface area contributed by atoms with Crippen LogP contribution >= 0.6 is 0 Å². The molecule has 0 heterocycles. The van der Waals surface area contributed by atoms with Crippen LogP contribution in [0.25, 0.3) is 0 Å². The largest absolute Gasteiger partial charge is 0.501 e. The summed E-state index contributed by atoms with van der Waals surface area (Å²) in [5.74, 6) is 1.07. The van der Waals surface area contributed by atoms with Crippen LogP contribution in [0.4, 0.5) is 0 Å². The van der Waals surface area contributed by atoms with Crippen molar-refractivity contribution in [2.45, 2.75) is 13.8 Å². The molecule has 10 heavy (non-hydrogen) atoms. The lowest BCUT2D eigenvalue weighted by Gasteiger charge is -1.93. The molecule has 3 nitrogen and oxygen atoms in total. The second-order valence-electron chi connectivity index (χ2n) is 1.85. The molecule has 3 heteroatoms. The number of methoxy groups -OCH3 is 1. The van der Waals surface area contributed by atoms with Crippen molar-refractivity contribution in [2.24, 2.45) is 4.99 Å². The predicted octanol–water partition coefficient (Wildman–Crippen LogP) is 1.60. The average molecular weight is 140 g/mol. The highest BCUT2D eigenvalue weighted by atomic mass is 16.5. The summed E-state index contributed by atoms with van der Waals surface area (Å²) < 4.78 is 4.83. The van der Waals surface area contributed by atoms with Gasteiger partial charge in [0.1, 0.15) is 5.84 Å². The second kappa shape index (κ2) is 4.73. The Morgan fingerprint density at radius 1 is 1.50 bits per heavy atom. The van der Waals surface area contributed by atoms with Gasteiger partial charge < -0.3 is 4.74 Å². The van der Waals surface area contributed by atoms with Gasteiger partial charge in [-0.1, -0.05) is 0 Å². The summed E-state index contributed by atoms with van der Waals surface area (Å²) in [5, 5.41) is 6.93. The number of rotatable bonds is 2. The van der Waals surface area contributed by atoms with Gasteiger partial charge >= 0.3 is 0 Å². The molecule has 0 aromatic rings. The Kier molecular flexibility index (Phi) is 4.20. The van der Waals surface area contributed by atoms with Crippen molar-refractivity contribution in [3.63, 3.8) is 0 Å². The Morgan fingerprint density at radius 2 is 2.10 bits per heavy atom. The van der Waals surface area contributed by atoms with Crippen LogP contribution in [0.2, 0.25) is 0 Å². The molecule has 0 spiro atoms. The molecule has 56 valence electrons. The van der Waals surface area contributed by atoms with E-state index < -0.39 is 0 Å². The lowest BCUT2D eigenvalue weighted by Crippen LogP contribution is -1.83. The third-order valence-corrected chi connectivity index (χ3v) is 0.899. The lowest BCUT2D eigenvalue weighted by molar-refractivity contribution is 0.294. The van der Waals surface area contributed by atoms with Gasteiger partial charge in [0.15, 0.2) is 0 Å². The van der Waals surface area contributed by atoms with Crippen molar-refractivity contribution in [1.29, 1.82) is 5.41 Å². The van der Waals surface area contributed by atoms with Crippen LogP contribution in [0.5, 0.6) is 0 Å². The van der Waals surface area contributed by atoms with E-state index in [1.54, 1.807) is 26.3 Å². The van der Waals surface area contributed by atoms with Gasteiger partial charge in [0.05, 0.1) is 12.9 Å². The first-order valence-corrected chi connectivity index (χ1v) is 2.97. The molecule has 0 aromatic carbocycles. The van der Waals surface area contributed by atoms with Gasteiger partial charge in [-0.3, -0.25) is 5.41 Å². The molecule has 0 fully saturated rings. The highest BCUT2D eigenvalue weighted by Gasteiger charge is 1.79. The summed E-state index contributed by atoms with van der Waals surface area (Å²) in [7, 11) is 1.59. The van der Waals surface area contributed by atoms with E-state index >= 15 is 0 Å². The van der Waals surface area contributed by atoms with Crippen LogP contribution < -0.4 is 0 Å². The van der Waals surface area contributed by atoms with E-state index in [2.05, 4.69) is 4.99 Å². The normalized spacial score (nSPS) is 12.1. The summed E-state index contributed by atoms with van der Waals surface area (Å²) in [6.07, 6.45) is 3.25. The standard InChI is InChI=1S/C7H12N2O/c1-6(10-3)4-5-9-7(2)8/h4-5,8H,1-3H3/b6-4+,8-7?,9-5?. The van der Waals surface area contributed by atoms with E-state index in [9.17, 15) is 0 Å². The smallest absolute Gasteiger partial charge is 0.117 e. The highest BCUT2D eigenvalue weighted by Crippen LogP contribution is 1.88. The van der Waals surface area contributed by atoms with Crippen LogP contribution in [-0.4, -0.2) is 19.2 Å². The Bertz CT molecular complexity index is 170. The first-order chi connectivity index (χ1) is 4.66. The van der Waals surface area contributed by atoms with E-state index in [1.165, 1.54) is 0 Å². The second-order valence-corrected chi connectivity index (χ2v) is 1.85. The molecule has 0 aliphatic rings. The van der Waals surface area contributed by atoms with E-state index in [4.69, 9.17) is 10.1 Å². The summed E-state index contributed by atoms with van der Waals surface area (Å²) in [4.78, 5) is 3.71.